The standard InChI is InChI=1S/C11H17N5S/c1-11(2,3)7(12)9-15-16-8(6-4-5-6)13-14-10(16)17-9/h6-7H,4-5,12H2,1-3H3. The Morgan fingerprint density at radius 3 is 2.65 bits per heavy atom. The molecule has 1 fully saturated rings. The van der Waals surface area contributed by atoms with Crippen LogP contribution < -0.4 is 5.73 Å². The van der Waals surface area contributed by atoms with Gasteiger partial charge in [-0.15, -0.1) is 10.2 Å². The summed E-state index contributed by atoms with van der Waals surface area (Å²) in [6.07, 6.45) is 2.41. The topological polar surface area (TPSA) is 69.1 Å². The lowest BCUT2D eigenvalue weighted by atomic mass is 9.88. The highest BCUT2D eigenvalue weighted by atomic mass is 32.1. The number of fused-ring (bicyclic) bond motifs is 1. The Morgan fingerprint density at radius 2 is 2.06 bits per heavy atom. The number of aromatic nitrogens is 4. The molecule has 0 aliphatic heterocycles. The Morgan fingerprint density at radius 1 is 1.35 bits per heavy atom. The maximum Gasteiger partial charge on any atom is 0.234 e. The van der Waals surface area contributed by atoms with Crippen molar-refractivity contribution in [1.29, 1.82) is 0 Å². The SMILES string of the molecule is CC(C)(C)C(N)c1nn2c(C3CC3)nnc2s1. The van der Waals surface area contributed by atoms with Gasteiger partial charge in [0.1, 0.15) is 5.01 Å². The summed E-state index contributed by atoms with van der Waals surface area (Å²) in [5.41, 5.74) is 6.24. The van der Waals surface area contributed by atoms with Crippen molar-refractivity contribution < 1.29 is 0 Å². The van der Waals surface area contributed by atoms with Crippen molar-refractivity contribution in [2.45, 2.75) is 45.6 Å². The molecule has 5 nitrogen and oxygen atoms in total. The van der Waals surface area contributed by atoms with Crippen LogP contribution in [-0.2, 0) is 0 Å². The van der Waals surface area contributed by atoms with Gasteiger partial charge in [-0.25, -0.2) is 0 Å². The lowest BCUT2D eigenvalue weighted by molar-refractivity contribution is 0.324. The number of nitrogens with zero attached hydrogens (tertiary/aromatic N) is 4. The van der Waals surface area contributed by atoms with Crippen molar-refractivity contribution in [1.82, 2.24) is 19.8 Å². The summed E-state index contributed by atoms with van der Waals surface area (Å²) in [6.45, 7) is 6.38. The van der Waals surface area contributed by atoms with E-state index < -0.39 is 0 Å². The second-order valence-electron chi connectivity index (χ2n) is 5.81. The van der Waals surface area contributed by atoms with Crippen LogP contribution >= 0.6 is 11.3 Å². The molecule has 1 unspecified atom stereocenters. The molecule has 1 atom stereocenters. The van der Waals surface area contributed by atoms with Crippen LogP contribution in [0.25, 0.3) is 4.96 Å². The molecule has 92 valence electrons. The van der Waals surface area contributed by atoms with E-state index in [4.69, 9.17) is 5.73 Å². The molecule has 2 aromatic heterocycles. The first kappa shape index (κ1) is 11.1. The van der Waals surface area contributed by atoms with Crippen LogP contribution in [0.1, 0.15) is 56.4 Å². The minimum absolute atomic E-state index is 0.0169. The number of hydrogen-bond donors (Lipinski definition) is 1. The Labute approximate surface area is 104 Å². The average Bonchev–Trinajstić information content (AvgIpc) is 2.87. The van der Waals surface area contributed by atoms with Gasteiger partial charge in [-0.05, 0) is 18.3 Å². The fourth-order valence-corrected chi connectivity index (χ4v) is 2.83. The van der Waals surface area contributed by atoms with Gasteiger partial charge in [0.2, 0.25) is 4.96 Å². The molecule has 2 aromatic rings. The van der Waals surface area contributed by atoms with Gasteiger partial charge >= 0.3 is 0 Å². The van der Waals surface area contributed by atoms with Crippen molar-refractivity contribution in [3.05, 3.63) is 10.8 Å². The maximum absolute atomic E-state index is 6.22. The molecule has 0 saturated heterocycles. The minimum Gasteiger partial charge on any atom is -0.321 e. The number of hydrogen-bond acceptors (Lipinski definition) is 5. The van der Waals surface area contributed by atoms with Crippen LogP contribution in [0, 0.1) is 5.41 Å². The molecule has 0 amide bonds. The number of nitrogens with two attached hydrogens (primary N) is 1. The van der Waals surface area contributed by atoms with E-state index in [-0.39, 0.29) is 11.5 Å². The first-order valence-electron chi connectivity index (χ1n) is 5.94. The van der Waals surface area contributed by atoms with Gasteiger partial charge in [0.05, 0.1) is 6.04 Å². The molecular weight excluding hydrogens is 234 g/mol. The summed E-state index contributed by atoms with van der Waals surface area (Å²) < 4.78 is 1.88. The largest absolute Gasteiger partial charge is 0.321 e. The Balaban J connectivity index is 2.02. The van der Waals surface area contributed by atoms with Crippen molar-refractivity contribution in [3.8, 4) is 0 Å². The van der Waals surface area contributed by atoms with Crippen molar-refractivity contribution in [2.24, 2.45) is 11.1 Å². The lowest BCUT2D eigenvalue weighted by Crippen LogP contribution is -2.26. The van der Waals surface area contributed by atoms with Crippen molar-refractivity contribution in [3.63, 3.8) is 0 Å². The molecule has 2 N–H and O–H groups in total. The van der Waals surface area contributed by atoms with Gasteiger partial charge in [0.15, 0.2) is 5.82 Å². The highest BCUT2D eigenvalue weighted by Gasteiger charge is 2.31. The minimum atomic E-state index is -0.0544. The van der Waals surface area contributed by atoms with Crippen molar-refractivity contribution >= 4 is 16.3 Å². The normalized spacial score (nSPS) is 18.8. The van der Waals surface area contributed by atoms with E-state index in [2.05, 4.69) is 36.1 Å². The zero-order valence-corrected chi connectivity index (χ0v) is 11.2. The van der Waals surface area contributed by atoms with E-state index in [0.717, 1.165) is 15.8 Å². The summed E-state index contributed by atoms with van der Waals surface area (Å²) in [7, 11) is 0. The smallest absolute Gasteiger partial charge is 0.234 e. The third-order valence-corrected chi connectivity index (χ3v) is 4.15. The molecule has 6 heteroatoms. The second kappa shape index (κ2) is 3.49. The van der Waals surface area contributed by atoms with Crippen LogP contribution in [0.2, 0.25) is 0 Å². The fourth-order valence-electron chi connectivity index (χ4n) is 1.74. The van der Waals surface area contributed by atoms with Gasteiger partial charge in [0, 0.05) is 5.92 Å². The summed E-state index contributed by atoms with van der Waals surface area (Å²) in [4.78, 5) is 0.863. The van der Waals surface area contributed by atoms with E-state index in [0.29, 0.717) is 5.92 Å². The van der Waals surface area contributed by atoms with Gasteiger partial charge in [0.25, 0.3) is 0 Å². The summed E-state index contributed by atoms with van der Waals surface area (Å²) in [6, 6.07) is -0.0544. The predicted molar refractivity (Wildman–Crippen MR) is 67.0 cm³/mol. The highest BCUT2D eigenvalue weighted by Crippen LogP contribution is 2.40. The molecule has 2 heterocycles. The third kappa shape index (κ3) is 1.85. The van der Waals surface area contributed by atoms with Gasteiger partial charge in [-0.3, -0.25) is 0 Å². The first-order chi connectivity index (χ1) is 7.97. The molecule has 1 saturated carbocycles. The van der Waals surface area contributed by atoms with E-state index in [1.54, 1.807) is 11.3 Å². The summed E-state index contributed by atoms with van der Waals surface area (Å²) in [5, 5.41) is 13.9. The molecule has 1 aliphatic rings. The Kier molecular flexibility index (Phi) is 2.28. The molecule has 17 heavy (non-hydrogen) atoms. The molecule has 0 aromatic carbocycles. The van der Waals surface area contributed by atoms with Crippen LogP contribution in [-0.4, -0.2) is 19.8 Å². The average molecular weight is 251 g/mol. The zero-order chi connectivity index (χ0) is 12.2. The molecule has 1 aliphatic carbocycles. The first-order valence-corrected chi connectivity index (χ1v) is 6.76. The second-order valence-corrected chi connectivity index (χ2v) is 6.80. The predicted octanol–water partition coefficient (Wildman–Crippen LogP) is 2.11. The summed E-state index contributed by atoms with van der Waals surface area (Å²) >= 11 is 1.55. The van der Waals surface area contributed by atoms with Gasteiger partial charge in [-0.2, -0.15) is 9.61 Å². The van der Waals surface area contributed by atoms with E-state index in [1.165, 1.54) is 12.8 Å². The Hall–Kier alpha value is -1.01. The lowest BCUT2D eigenvalue weighted by Gasteiger charge is -2.24. The van der Waals surface area contributed by atoms with Crippen LogP contribution in [0.15, 0.2) is 0 Å². The zero-order valence-electron chi connectivity index (χ0n) is 10.3. The summed E-state index contributed by atoms with van der Waals surface area (Å²) in [5.74, 6) is 1.56. The molecule has 3 rings (SSSR count). The third-order valence-electron chi connectivity index (χ3n) is 3.17. The molecule has 0 spiro atoms. The van der Waals surface area contributed by atoms with Crippen molar-refractivity contribution in [2.75, 3.05) is 0 Å². The quantitative estimate of drug-likeness (QED) is 0.887. The monoisotopic (exact) mass is 251 g/mol. The van der Waals surface area contributed by atoms with Crippen LogP contribution in [0.5, 0.6) is 0 Å². The molecule has 0 radical (unpaired) electrons. The van der Waals surface area contributed by atoms with Gasteiger partial charge < -0.3 is 5.73 Å². The van der Waals surface area contributed by atoms with E-state index >= 15 is 0 Å². The van der Waals surface area contributed by atoms with E-state index in [9.17, 15) is 0 Å². The molecule has 0 bridgehead atoms. The highest BCUT2D eigenvalue weighted by molar-refractivity contribution is 7.16. The molecular formula is C11H17N5S. The Bertz CT molecular complexity index is 546. The maximum atomic E-state index is 6.22. The van der Waals surface area contributed by atoms with Crippen LogP contribution in [0.3, 0.4) is 0 Å². The number of rotatable bonds is 2. The fraction of sp³-hybridized carbons (Fsp3) is 0.727. The van der Waals surface area contributed by atoms with Crippen LogP contribution in [0.4, 0.5) is 0 Å². The van der Waals surface area contributed by atoms with Gasteiger partial charge in [-0.1, -0.05) is 32.1 Å². The van der Waals surface area contributed by atoms with E-state index in [1.807, 2.05) is 4.52 Å².